The van der Waals surface area contributed by atoms with Crippen molar-refractivity contribution in [3.8, 4) is 11.5 Å². The van der Waals surface area contributed by atoms with Crippen molar-refractivity contribution in [3.05, 3.63) is 42.9 Å². The van der Waals surface area contributed by atoms with Crippen molar-refractivity contribution in [2.45, 2.75) is 12.8 Å². The maximum absolute atomic E-state index is 13.1. The summed E-state index contributed by atoms with van der Waals surface area (Å²) in [6, 6.07) is 7.64. The summed E-state index contributed by atoms with van der Waals surface area (Å²) in [5.41, 5.74) is 0. The molecule has 2 aromatic rings. The Labute approximate surface area is 183 Å². The molecule has 31 heavy (non-hydrogen) atoms. The molecule has 0 saturated carbocycles. The number of nitrogens with zero attached hydrogens (tertiary/aromatic N) is 5. The fraction of sp³-hybridized carbons (Fsp3) is 0.522. The number of amides is 1. The van der Waals surface area contributed by atoms with Gasteiger partial charge in [-0.3, -0.25) is 14.7 Å². The molecule has 2 saturated heterocycles. The number of piperidine rings is 1. The highest BCUT2D eigenvalue weighted by Crippen LogP contribution is 2.23. The zero-order valence-corrected chi connectivity index (χ0v) is 18.2. The van der Waals surface area contributed by atoms with Gasteiger partial charge in [0.2, 0.25) is 5.91 Å². The third-order valence-corrected chi connectivity index (χ3v) is 6.06. The van der Waals surface area contributed by atoms with E-state index in [2.05, 4.69) is 19.8 Å². The van der Waals surface area contributed by atoms with E-state index in [0.29, 0.717) is 6.61 Å². The van der Waals surface area contributed by atoms with Crippen LogP contribution in [0.4, 0.5) is 5.82 Å². The summed E-state index contributed by atoms with van der Waals surface area (Å²) in [7, 11) is 1.66. The highest BCUT2D eigenvalue weighted by atomic mass is 16.5. The normalized spacial score (nSPS) is 19.8. The maximum atomic E-state index is 13.1. The van der Waals surface area contributed by atoms with Crippen molar-refractivity contribution in [2.75, 3.05) is 64.4 Å². The second-order valence-electron chi connectivity index (χ2n) is 8.04. The van der Waals surface area contributed by atoms with Crippen LogP contribution in [-0.2, 0) is 4.79 Å². The molecular weight excluding hydrogens is 394 g/mol. The molecule has 1 aromatic heterocycles. The van der Waals surface area contributed by atoms with Gasteiger partial charge in [-0.2, -0.15) is 0 Å². The van der Waals surface area contributed by atoms with Gasteiger partial charge < -0.3 is 19.3 Å². The smallest absolute Gasteiger partial charge is 0.227 e. The van der Waals surface area contributed by atoms with Crippen LogP contribution < -0.4 is 14.4 Å². The zero-order chi connectivity index (χ0) is 21.5. The molecule has 3 heterocycles. The molecule has 0 spiro atoms. The van der Waals surface area contributed by atoms with Gasteiger partial charge >= 0.3 is 0 Å². The molecule has 0 radical (unpaired) electrons. The Morgan fingerprint density at radius 3 is 2.55 bits per heavy atom. The lowest BCUT2D eigenvalue weighted by Crippen LogP contribution is -2.53. The second kappa shape index (κ2) is 10.4. The van der Waals surface area contributed by atoms with Crippen LogP contribution in [0.25, 0.3) is 0 Å². The summed E-state index contributed by atoms with van der Waals surface area (Å²) in [4.78, 5) is 28.2. The Balaban J connectivity index is 1.19. The lowest BCUT2D eigenvalue weighted by atomic mass is 9.96. The van der Waals surface area contributed by atoms with Crippen LogP contribution in [-0.4, -0.2) is 85.2 Å². The second-order valence-corrected chi connectivity index (χ2v) is 8.04. The van der Waals surface area contributed by atoms with Crippen LogP contribution in [0.3, 0.4) is 0 Å². The number of aromatic nitrogens is 2. The average molecular weight is 426 g/mol. The van der Waals surface area contributed by atoms with Crippen LogP contribution in [0.2, 0.25) is 0 Å². The number of rotatable bonds is 7. The predicted molar refractivity (Wildman–Crippen MR) is 118 cm³/mol. The largest absolute Gasteiger partial charge is 0.497 e. The topological polar surface area (TPSA) is 71.0 Å². The lowest BCUT2D eigenvalue weighted by molar-refractivity contribution is -0.137. The quantitative estimate of drug-likeness (QED) is 0.671. The monoisotopic (exact) mass is 425 g/mol. The summed E-state index contributed by atoms with van der Waals surface area (Å²) in [5, 5.41) is 0. The van der Waals surface area contributed by atoms with E-state index >= 15 is 0 Å². The lowest BCUT2D eigenvalue weighted by Gasteiger charge is -2.39. The first-order chi connectivity index (χ1) is 15.2. The molecule has 2 aliphatic heterocycles. The minimum atomic E-state index is 0.0423. The SMILES string of the molecule is COc1ccc(OCCN2CCN(C(=O)C3CCCN(c4cnccn4)C3)CC2)cc1. The van der Waals surface area contributed by atoms with Crippen molar-refractivity contribution in [3.63, 3.8) is 0 Å². The summed E-state index contributed by atoms with van der Waals surface area (Å²) < 4.78 is 11.0. The molecular formula is C23H31N5O3. The first kappa shape index (κ1) is 21.4. The van der Waals surface area contributed by atoms with E-state index in [-0.39, 0.29) is 11.8 Å². The highest BCUT2D eigenvalue weighted by molar-refractivity contribution is 5.80. The number of benzene rings is 1. The minimum absolute atomic E-state index is 0.0423. The van der Waals surface area contributed by atoms with Crippen LogP contribution >= 0.6 is 0 Å². The fourth-order valence-corrected chi connectivity index (χ4v) is 4.26. The van der Waals surface area contributed by atoms with Crippen LogP contribution in [0.5, 0.6) is 11.5 Å². The van der Waals surface area contributed by atoms with E-state index in [0.717, 1.165) is 76.0 Å². The van der Waals surface area contributed by atoms with E-state index in [9.17, 15) is 4.79 Å². The molecule has 166 valence electrons. The number of ether oxygens (including phenoxy) is 2. The number of hydrogen-bond donors (Lipinski definition) is 0. The predicted octanol–water partition coefficient (Wildman–Crippen LogP) is 1.92. The Morgan fingerprint density at radius 2 is 1.84 bits per heavy atom. The standard InChI is InChI=1S/C23H31N5O3/c1-30-20-4-6-21(7-5-20)31-16-15-26-11-13-27(14-12-26)23(29)19-3-2-10-28(18-19)22-17-24-8-9-25-22/h4-9,17,19H,2-3,10-16,18H2,1H3. The Hall–Kier alpha value is -2.87. The summed E-state index contributed by atoms with van der Waals surface area (Å²) in [5.74, 6) is 2.86. The molecule has 8 nitrogen and oxygen atoms in total. The minimum Gasteiger partial charge on any atom is -0.497 e. The van der Waals surface area contributed by atoms with Gasteiger partial charge in [0.1, 0.15) is 23.9 Å². The Kier molecular flexibility index (Phi) is 7.19. The first-order valence-electron chi connectivity index (χ1n) is 11.0. The summed E-state index contributed by atoms with van der Waals surface area (Å²) in [6.07, 6.45) is 7.12. The molecule has 1 aromatic carbocycles. The van der Waals surface area contributed by atoms with Crippen LogP contribution in [0, 0.1) is 5.92 Å². The van der Waals surface area contributed by atoms with Crippen LogP contribution in [0.15, 0.2) is 42.9 Å². The van der Waals surface area contributed by atoms with Gasteiger partial charge in [0.25, 0.3) is 0 Å². The van der Waals surface area contributed by atoms with E-state index in [1.807, 2.05) is 29.2 Å². The van der Waals surface area contributed by atoms with E-state index < -0.39 is 0 Å². The van der Waals surface area contributed by atoms with Gasteiger partial charge in [-0.05, 0) is 37.1 Å². The van der Waals surface area contributed by atoms with Gasteiger partial charge in [-0.1, -0.05) is 0 Å². The molecule has 0 aliphatic carbocycles. The average Bonchev–Trinajstić information content (AvgIpc) is 2.85. The highest BCUT2D eigenvalue weighted by Gasteiger charge is 2.31. The summed E-state index contributed by atoms with van der Waals surface area (Å²) in [6.45, 7) is 6.49. The zero-order valence-electron chi connectivity index (χ0n) is 18.2. The van der Waals surface area contributed by atoms with Crippen molar-refractivity contribution in [1.82, 2.24) is 19.8 Å². The van der Waals surface area contributed by atoms with Gasteiger partial charge in [0.15, 0.2) is 0 Å². The van der Waals surface area contributed by atoms with Crippen molar-refractivity contribution in [1.29, 1.82) is 0 Å². The number of carbonyl (C=O) groups is 1. The van der Waals surface area contributed by atoms with Crippen LogP contribution in [0.1, 0.15) is 12.8 Å². The van der Waals surface area contributed by atoms with E-state index in [4.69, 9.17) is 9.47 Å². The summed E-state index contributed by atoms with van der Waals surface area (Å²) >= 11 is 0. The van der Waals surface area contributed by atoms with Crippen molar-refractivity contribution >= 4 is 11.7 Å². The van der Waals surface area contributed by atoms with Gasteiger partial charge in [-0.25, -0.2) is 4.98 Å². The molecule has 2 fully saturated rings. The molecule has 8 heteroatoms. The number of piperazine rings is 1. The van der Waals surface area contributed by atoms with Crippen molar-refractivity contribution < 1.29 is 14.3 Å². The van der Waals surface area contributed by atoms with Gasteiger partial charge in [0.05, 0.1) is 19.2 Å². The fourth-order valence-electron chi connectivity index (χ4n) is 4.26. The maximum Gasteiger partial charge on any atom is 0.227 e. The molecule has 0 bridgehead atoms. The molecule has 0 N–H and O–H groups in total. The van der Waals surface area contributed by atoms with E-state index in [1.165, 1.54) is 0 Å². The van der Waals surface area contributed by atoms with Crippen molar-refractivity contribution in [2.24, 2.45) is 5.92 Å². The molecule has 1 amide bonds. The number of anilines is 1. The number of carbonyl (C=O) groups excluding carboxylic acids is 1. The molecule has 4 rings (SSSR count). The Morgan fingerprint density at radius 1 is 1.06 bits per heavy atom. The molecule has 1 unspecified atom stereocenters. The number of hydrogen-bond acceptors (Lipinski definition) is 7. The first-order valence-corrected chi connectivity index (χ1v) is 11.0. The molecule has 2 aliphatic rings. The molecule has 1 atom stereocenters. The third-order valence-electron chi connectivity index (χ3n) is 6.06. The number of methoxy groups -OCH3 is 1. The van der Waals surface area contributed by atoms with Gasteiger partial charge in [-0.15, -0.1) is 0 Å². The Bertz CT molecular complexity index is 825. The van der Waals surface area contributed by atoms with E-state index in [1.54, 1.807) is 25.7 Å². The van der Waals surface area contributed by atoms with Gasteiger partial charge in [0, 0.05) is 58.2 Å². The third kappa shape index (κ3) is 5.64.